The molecule has 3 N–H and O–H groups in total. The number of urea groups is 1. The highest BCUT2D eigenvalue weighted by Crippen LogP contribution is 2.29. The average molecular weight is 475 g/mol. The Morgan fingerprint density at radius 2 is 1.59 bits per heavy atom. The minimum Gasteiger partial charge on any atom is -0.497 e. The van der Waals surface area contributed by atoms with Crippen molar-refractivity contribution in [1.82, 2.24) is 4.98 Å². The Kier molecular flexibility index (Phi) is 6.51. The average Bonchev–Trinajstić information content (AvgIpc) is 3.18. The molecule has 34 heavy (non-hydrogen) atoms. The van der Waals surface area contributed by atoms with Gasteiger partial charge in [-0.15, -0.1) is 0 Å². The molecule has 0 fully saturated rings. The van der Waals surface area contributed by atoms with Crippen molar-refractivity contribution < 1.29 is 14.3 Å². The third-order valence-corrected chi connectivity index (χ3v) is 6.40. The van der Waals surface area contributed by atoms with Gasteiger partial charge < -0.3 is 15.4 Å². The summed E-state index contributed by atoms with van der Waals surface area (Å²) in [5.74, 6) is 0.537. The van der Waals surface area contributed by atoms with Crippen LogP contribution in [0.25, 0.3) is 10.2 Å². The highest BCUT2D eigenvalue weighted by molar-refractivity contribution is 7.22. The summed E-state index contributed by atoms with van der Waals surface area (Å²) < 4.78 is 6.00. The van der Waals surface area contributed by atoms with Crippen LogP contribution in [0.5, 0.6) is 5.75 Å². The van der Waals surface area contributed by atoms with E-state index in [4.69, 9.17) is 4.74 Å². The molecule has 0 aliphatic heterocycles. The van der Waals surface area contributed by atoms with Crippen molar-refractivity contribution >= 4 is 50.0 Å². The Morgan fingerprint density at radius 1 is 0.853 bits per heavy atom. The van der Waals surface area contributed by atoms with Gasteiger partial charge in [0.2, 0.25) is 0 Å². The largest absolute Gasteiger partial charge is 0.497 e. The van der Waals surface area contributed by atoms with Crippen molar-refractivity contribution in [3.05, 3.63) is 76.3 Å². The van der Waals surface area contributed by atoms with Crippen molar-refractivity contribution in [1.29, 1.82) is 0 Å². The minimum absolute atomic E-state index is 0.187. The van der Waals surface area contributed by atoms with Crippen LogP contribution in [0.3, 0.4) is 0 Å². The van der Waals surface area contributed by atoms with Crippen molar-refractivity contribution in [2.24, 2.45) is 0 Å². The molecule has 1 aromatic heterocycles. The molecule has 0 unspecified atom stereocenters. The van der Waals surface area contributed by atoms with Crippen molar-refractivity contribution in [2.45, 2.75) is 27.7 Å². The fourth-order valence-electron chi connectivity index (χ4n) is 3.84. The number of rotatable bonds is 5. The summed E-state index contributed by atoms with van der Waals surface area (Å²) in [5.41, 5.74) is 6.83. The molecule has 4 rings (SSSR count). The van der Waals surface area contributed by atoms with Gasteiger partial charge in [-0.3, -0.25) is 10.1 Å². The number of nitrogens with zero attached hydrogens (tertiary/aromatic N) is 1. The zero-order chi connectivity index (χ0) is 24.4. The SMILES string of the molecule is COc1ccc(NC(=O)Nc2nc3ccc(C(=O)Nc4c(C)cc(C)cc4C)cc3s2)c(C)c1. The summed E-state index contributed by atoms with van der Waals surface area (Å²) in [6.07, 6.45) is 0. The monoisotopic (exact) mass is 474 g/mol. The molecule has 8 heteroatoms. The first-order valence-electron chi connectivity index (χ1n) is 10.8. The van der Waals surface area contributed by atoms with Gasteiger partial charge in [0.25, 0.3) is 5.91 Å². The molecular formula is C26H26N4O3S. The molecule has 1 heterocycles. The lowest BCUT2D eigenvalue weighted by Crippen LogP contribution is -2.19. The number of anilines is 3. The van der Waals surface area contributed by atoms with E-state index in [0.717, 1.165) is 38.4 Å². The Labute approximate surface area is 202 Å². The molecule has 0 saturated carbocycles. The van der Waals surface area contributed by atoms with Gasteiger partial charge in [-0.25, -0.2) is 9.78 Å². The summed E-state index contributed by atoms with van der Waals surface area (Å²) in [7, 11) is 1.60. The molecule has 0 aliphatic carbocycles. The lowest BCUT2D eigenvalue weighted by atomic mass is 10.0. The molecule has 0 bridgehead atoms. The van der Waals surface area contributed by atoms with Gasteiger partial charge in [-0.1, -0.05) is 29.0 Å². The normalized spacial score (nSPS) is 10.7. The predicted molar refractivity (Wildman–Crippen MR) is 139 cm³/mol. The maximum atomic E-state index is 12.9. The number of ether oxygens (including phenoxy) is 1. The van der Waals surface area contributed by atoms with E-state index in [1.807, 2.05) is 45.9 Å². The van der Waals surface area contributed by atoms with Crippen LogP contribution in [0, 0.1) is 27.7 Å². The molecule has 3 amide bonds. The number of hydrogen-bond donors (Lipinski definition) is 3. The molecule has 174 valence electrons. The standard InChI is InChI=1S/C26H26N4O3S/c1-14-10-16(3)23(17(4)11-14)29-24(31)18-6-8-21-22(13-18)34-26(28-21)30-25(32)27-20-9-7-19(33-5)12-15(20)2/h6-13H,1-5H3,(H,29,31)(H2,27,28,30,32). The Hall–Kier alpha value is -3.91. The maximum absolute atomic E-state index is 12.9. The van der Waals surface area contributed by atoms with E-state index in [-0.39, 0.29) is 5.91 Å². The van der Waals surface area contributed by atoms with E-state index in [1.54, 1.807) is 37.4 Å². The Bertz CT molecular complexity index is 1390. The van der Waals surface area contributed by atoms with Crippen LogP contribution in [0.15, 0.2) is 48.5 Å². The molecule has 7 nitrogen and oxygen atoms in total. The fraction of sp³-hybridized carbons (Fsp3) is 0.192. The third-order valence-electron chi connectivity index (χ3n) is 5.47. The first-order valence-corrected chi connectivity index (χ1v) is 11.6. The summed E-state index contributed by atoms with van der Waals surface area (Å²) >= 11 is 1.31. The van der Waals surface area contributed by atoms with E-state index >= 15 is 0 Å². The quantitative estimate of drug-likeness (QED) is 0.311. The zero-order valence-corrected chi connectivity index (χ0v) is 20.5. The molecule has 3 aromatic carbocycles. The highest BCUT2D eigenvalue weighted by Gasteiger charge is 2.14. The smallest absolute Gasteiger partial charge is 0.325 e. The molecule has 0 saturated heterocycles. The number of nitrogens with one attached hydrogen (secondary N) is 3. The number of carbonyl (C=O) groups is 2. The van der Waals surface area contributed by atoms with Crippen molar-refractivity contribution in [3.8, 4) is 5.75 Å². The van der Waals surface area contributed by atoms with Crippen molar-refractivity contribution in [2.75, 3.05) is 23.1 Å². The van der Waals surface area contributed by atoms with Crippen LogP contribution in [0.4, 0.5) is 21.3 Å². The molecule has 0 aliphatic rings. The second-order valence-corrected chi connectivity index (χ2v) is 9.22. The minimum atomic E-state index is -0.393. The first kappa shape index (κ1) is 23.3. The van der Waals surface area contributed by atoms with Crippen LogP contribution in [0.1, 0.15) is 32.6 Å². The molecule has 0 atom stereocenters. The highest BCUT2D eigenvalue weighted by atomic mass is 32.1. The number of fused-ring (bicyclic) bond motifs is 1. The second kappa shape index (κ2) is 9.52. The number of carbonyl (C=O) groups excluding carboxylic acids is 2. The number of aryl methyl sites for hydroxylation is 4. The second-order valence-electron chi connectivity index (χ2n) is 8.19. The van der Waals surface area contributed by atoms with E-state index in [9.17, 15) is 9.59 Å². The van der Waals surface area contributed by atoms with E-state index in [2.05, 4.69) is 20.9 Å². The Morgan fingerprint density at radius 3 is 2.26 bits per heavy atom. The summed E-state index contributed by atoms with van der Waals surface area (Å²) in [4.78, 5) is 29.8. The van der Waals surface area contributed by atoms with Crippen molar-refractivity contribution in [3.63, 3.8) is 0 Å². The number of aromatic nitrogens is 1. The van der Waals surface area contributed by atoms with Gasteiger partial charge in [-0.2, -0.15) is 0 Å². The fourth-order valence-corrected chi connectivity index (χ4v) is 4.74. The van der Waals surface area contributed by atoms with Gasteiger partial charge in [0.05, 0.1) is 17.3 Å². The van der Waals surface area contributed by atoms with Crippen LogP contribution in [-0.2, 0) is 0 Å². The van der Waals surface area contributed by atoms with E-state index in [0.29, 0.717) is 21.9 Å². The number of thiazole rings is 1. The summed E-state index contributed by atoms with van der Waals surface area (Å²) in [5, 5.41) is 9.06. The van der Waals surface area contributed by atoms with E-state index in [1.165, 1.54) is 11.3 Å². The van der Waals surface area contributed by atoms with Crippen LogP contribution < -0.4 is 20.7 Å². The third kappa shape index (κ3) is 5.02. The lowest BCUT2D eigenvalue weighted by Gasteiger charge is -2.12. The number of hydrogen-bond acceptors (Lipinski definition) is 5. The maximum Gasteiger partial charge on any atom is 0.325 e. The number of methoxy groups -OCH3 is 1. The number of benzene rings is 3. The molecular weight excluding hydrogens is 448 g/mol. The van der Waals surface area contributed by atoms with Gasteiger partial charge in [0.1, 0.15) is 5.75 Å². The first-order chi connectivity index (χ1) is 16.2. The van der Waals surface area contributed by atoms with E-state index < -0.39 is 6.03 Å². The van der Waals surface area contributed by atoms with Crippen LogP contribution >= 0.6 is 11.3 Å². The molecule has 0 radical (unpaired) electrons. The molecule has 0 spiro atoms. The Balaban J connectivity index is 1.48. The number of amides is 3. The van der Waals surface area contributed by atoms with Crippen LogP contribution in [-0.4, -0.2) is 24.0 Å². The molecule has 4 aromatic rings. The zero-order valence-electron chi connectivity index (χ0n) is 19.7. The summed E-state index contributed by atoms with van der Waals surface area (Å²) in [6, 6.07) is 14.4. The van der Waals surface area contributed by atoms with Gasteiger partial charge in [0.15, 0.2) is 5.13 Å². The predicted octanol–water partition coefficient (Wildman–Crippen LogP) is 6.43. The topological polar surface area (TPSA) is 92.3 Å². The van der Waals surface area contributed by atoms with Crippen LogP contribution in [0.2, 0.25) is 0 Å². The van der Waals surface area contributed by atoms with Gasteiger partial charge in [0, 0.05) is 16.9 Å². The summed E-state index contributed by atoms with van der Waals surface area (Å²) in [6.45, 7) is 7.90. The lowest BCUT2D eigenvalue weighted by molar-refractivity contribution is 0.102. The van der Waals surface area contributed by atoms with Gasteiger partial charge >= 0.3 is 6.03 Å². The van der Waals surface area contributed by atoms with Gasteiger partial charge in [-0.05, 0) is 80.8 Å².